The Hall–Kier alpha value is -2.80. The van der Waals surface area contributed by atoms with Gasteiger partial charge in [0.25, 0.3) is 0 Å². The summed E-state index contributed by atoms with van der Waals surface area (Å²) in [6, 6.07) is 19.0. The second-order valence-corrected chi connectivity index (χ2v) is 9.91. The van der Waals surface area contributed by atoms with Gasteiger partial charge in [0, 0.05) is 20.0 Å². The van der Waals surface area contributed by atoms with Gasteiger partial charge in [-0.2, -0.15) is 12.6 Å². The van der Waals surface area contributed by atoms with E-state index in [1.54, 1.807) is 11.9 Å². The minimum absolute atomic E-state index is 0.192. The van der Waals surface area contributed by atoms with E-state index < -0.39 is 16.8 Å². The Morgan fingerprint density at radius 2 is 1.66 bits per heavy atom. The first-order valence-corrected chi connectivity index (χ1v) is 13.0. The van der Waals surface area contributed by atoms with Crippen LogP contribution in [-0.2, 0) is 27.2 Å². The minimum atomic E-state index is -1.05. The molecule has 3 rings (SSSR count). The fourth-order valence-electron chi connectivity index (χ4n) is 4.70. The highest BCUT2D eigenvalue weighted by molar-refractivity contribution is 7.81. The number of carbonyl (C=O) groups is 3. The molecule has 2 aromatic rings. The molecule has 3 amide bonds. The van der Waals surface area contributed by atoms with Crippen LogP contribution in [0.3, 0.4) is 0 Å². The van der Waals surface area contributed by atoms with Crippen LogP contribution in [0.15, 0.2) is 60.7 Å². The summed E-state index contributed by atoms with van der Waals surface area (Å²) in [4.78, 5) is 41.6. The van der Waals surface area contributed by atoms with Crippen molar-refractivity contribution in [1.82, 2.24) is 15.5 Å². The fraction of sp³-hybridized carbons (Fsp3) is 0.464. The monoisotopic (exact) mass is 495 g/mol. The maximum atomic E-state index is 14.0. The lowest BCUT2D eigenvalue weighted by molar-refractivity contribution is -0.142. The Bertz CT molecular complexity index is 985. The van der Waals surface area contributed by atoms with E-state index in [-0.39, 0.29) is 17.7 Å². The zero-order valence-corrected chi connectivity index (χ0v) is 21.6. The van der Waals surface area contributed by atoms with Gasteiger partial charge in [-0.1, -0.05) is 80.4 Å². The van der Waals surface area contributed by atoms with Crippen LogP contribution in [0, 0.1) is 0 Å². The molecule has 3 atom stereocenters. The van der Waals surface area contributed by atoms with Crippen LogP contribution in [-0.4, -0.2) is 53.0 Å². The molecule has 6 nitrogen and oxygen atoms in total. The first kappa shape index (κ1) is 26.8. The summed E-state index contributed by atoms with van der Waals surface area (Å²) in [5.41, 5.74) is 1.03. The molecule has 1 fully saturated rings. The van der Waals surface area contributed by atoms with Gasteiger partial charge in [0.1, 0.15) is 11.6 Å². The zero-order valence-electron chi connectivity index (χ0n) is 20.7. The number of hydrogen-bond donors (Lipinski definition) is 3. The fourth-order valence-corrected chi connectivity index (χ4v) is 4.95. The second kappa shape index (κ2) is 12.8. The molecule has 1 aliphatic rings. The molecule has 2 N–H and O–H groups in total. The number of unbranched alkanes of at least 4 members (excludes halogenated alkanes) is 1. The Balaban J connectivity index is 1.85. The van der Waals surface area contributed by atoms with Crippen LogP contribution in [0.5, 0.6) is 0 Å². The molecule has 0 saturated carbocycles. The third-order valence-electron chi connectivity index (χ3n) is 6.83. The lowest BCUT2D eigenvalue weighted by Gasteiger charge is -2.33. The third-order valence-corrected chi connectivity index (χ3v) is 7.32. The molecule has 2 aromatic carbocycles. The van der Waals surface area contributed by atoms with Crippen molar-refractivity contribution in [1.29, 1.82) is 0 Å². The first-order chi connectivity index (χ1) is 16.9. The van der Waals surface area contributed by atoms with Gasteiger partial charge in [-0.05, 0) is 36.8 Å². The third kappa shape index (κ3) is 6.88. The predicted molar refractivity (Wildman–Crippen MR) is 142 cm³/mol. The number of hydrogen-bond acceptors (Lipinski definition) is 4. The SMILES string of the molecule is CCCC[C@H](S)C(=O)N[C@]1(CCc2ccccc2)CCN([C@@H](Cc2ccccc2)C(=O)NC)C1=O. The summed E-state index contributed by atoms with van der Waals surface area (Å²) in [7, 11) is 1.59. The van der Waals surface area contributed by atoms with Gasteiger partial charge in [0.2, 0.25) is 17.7 Å². The van der Waals surface area contributed by atoms with Crippen molar-refractivity contribution in [2.24, 2.45) is 0 Å². The lowest BCUT2D eigenvalue weighted by Crippen LogP contribution is -2.58. The summed E-state index contributed by atoms with van der Waals surface area (Å²) in [6.45, 7) is 2.48. The number of aryl methyl sites for hydroxylation is 1. The van der Waals surface area contributed by atoms with Gasteiger partial charge < -0.3 is 15.5 Å². The molecule has 1 aliphatic heterocycles. The summed E-state index contributed by atoms with van der Waals surface area (Å²) >= 11 is 4.51. The van der Waals surface area contributed by atoms with Crippen molar-refractivity contribution in [3.05, 3.63) is 71.8 Å². The number of likely N-dealkylation sites (tertiary alicyclic amines) is 1. The quantitative estimate of drug-likeness (QED) is 0.394. The number of nitrogens with one attached hydrogen (secondary N) is 2. The second-order valence-electron chi connectivity index (χ2n) is 9.28. The van der Waals surface area contributed by atoms with Crippen molar-refractivity contribution >= 4 is 30.4 Å². The Morgan fingerprint density at radius 3 is 2.26 bits per heavy atom. The summed E-state index contributed by atoms with van der Waals surface area (Å²) in [5, 5.41) is 5.34. The Labute approximate surface area is 214 Å². The average molecular weight is 496 g/mol. The molecule has 0 radical (unpaired) electrons. The van der Waals surface area contributed by atoms with Crippen LogP contribution in [0.2, 0.25) is 0 Å². The van der Waals surface area contributed by atoms with E-state index in [1.165, 1.54) is 0 Å². The number of thiol groups is 1. The molecule has 0 unspecified atom stereocenters. The van der Waals surface area contributed by atoms with Crippen molar-refractivity contribution in [3.8, 4) is 0 Å². The molecular weight excluding hydrogens is 458 g/mol. The molecular formula is C28H37N3O3S. The summed E-state index contributed by atoms with van der Waals surface area (Å²) in [6.07, 6.45) is 4.53. The highest BCUT2D eigenvalue weighted by Gasteiger charge is 2.50. The normalized spacial score (nSPS) is 19.3. The van der Waals surface area contributed by atoms with E-state index in [0.29, 0.717) is 38.6 Å². The van der Waals surface area contributed by atoms with E-state index in [0.717, 1.165) is 24.0 Å². The maximum absolute atomic E-state index is 14.0. The molecule has 0 aromatic heterocycles. The average Bonchev–Trinajstić information content (AvgIpc) is 3.20. The van der Waals surface area contributed by atoms with Gasteiger partial charge in [-0.15, -0.1) is 0 Å². The van der Waals surface area contributed by atoms with Crippen molar-refractivity contribution in [2.45, 2.75) is 68.7 Å². The summed E-state index contributed by atoms with van der Waals surface area (Å²) < 4.78 is 0. The van der Waals surface area contributed by atoms with Crippen LogP contribution >= 0.6 is 12.6 Å². The number of rotatable bonds is 12. The predicted octanol–water partition coefficient (Wildman–Crippen LogP) is 3.55. The van der Waals surface area contributed by atoms with Crippen LogP contribution in [0.1, 0.15) is 50.2 Å². The van der Waals surface area contributed by atoms with E-state index >= 15 is 0 Å². The molecule has 0 aliphatic carbocycles. The zero-order chi connectivity index (χ0) is 25.3. The number of amides is 3. The topological polar surface area (TPSA) is 78.5 Å². The number of carbonyl (C=O) groups excluding carboxylic acids is 3. The molecule has 1 saturated heterocycles. The lowest BCUT2D eigenvalue weighted by atomic mass is 9.89. The van der Waals surface area contributed by atoms with E-state index in [2.05, 4.69) is 30.2 Å². The molecule has 0 bridgehead atoms. The Morgan fingerprint density at radius 1 is 1.03 bits per heavy atom. The molecule has 35 heavy (non-hydrogen) atoms. The van der Waals surface area contributed by atoms with Crippen molar-refractivity contribution in [3.63, 3.8) is 0 Å². The molecule has 1 heterocycles. The van der Waals surface area contributed by atoms with Crippen LogP contribution in [0.4, 0.5) is 0 Å². The van der Waals surface area contributed by atoms with E-state index in [9.17, 15) is 14.4 Å². The number of benzene rings is 2. The number of nitrogens with zero attached hydrogens (tertiary/aromatic N) is 1. The van der Waals surface area contributed by atoms with Gasteiger partial charge >= 0.3 is 0 Å². The molecule has 0 spiro atoms. The first-order valence-electron chi connectivity index (χ1n) is 12.5. The van der Waals surface area contributed by atoms with E-state index in [1.807, 2.05) is 60.7 Å². The standard InChI is InChI=1S/C28H37N3O3S/c1-3-4-15-24(35)26(33)30-28(17-16-21-11-7-5-8-12-21)18-19-31(27(28)34)23(25(32)29-2)20-22-13-9-6-10-14-22/h5-14,23-24,35H,3-4,15-20H2,1-2H3,(H,29,32)(H,30,33)/t23-,24-,28+/m0/s1. The van der Waals surface area contributed by atoms with Crippen LogP contribution in [0.25, 0.3) is 0 Å². The Kier molecular flexibility index (Phi) is 9.78. The van der Waals surface area contributed by atoms with Gasteiger partial charge in [0.05, 0.1) is 5.25 Å². The highest BCUT2D eigenvalue weighted by atomic mass is 32.1. The molecule has 188 valence electrons. The largest absolute Gasteiger partial charge is 0.357 e. The van der Waals surface area contributed by atoms with Crippen molar-refractivity contribution < 1.29 is 14.4 Å². The molecule has 7 heteroatoms. The van der Waals surface area contributed by atoms with Crippen molar-refractivity contribution in [2.75, 3.05) is 13.6 Å². The van der Waals surface area contributed by atoms with Crippen LogP contribution < -0.4 is 10.6 Å². The minimum Gasteiger partial charge on any atom is -0.357 e. The smallest absolute Gasteiger partial charge is 0.249 e. The summed E-state index contributed by atoms with van der Waals surface area (Å²) in [5.74, 6) is -0.616. The van der Waals surface area contributed by atoms with Gasteiger partial charge in [-0.25, -0.2) is 0 Å². The highest BCUT2D eigenvalue weighted by Crippen LogP contribution is 2.31. The maximum Gasteiger partial charge on any atom is 0.249 e. The van der Waals surface area contributed by atoms with Gasteiger partial charge in [-0.3, -0.25) is 14.4 Å². The van der Waals surface area contributed by atoms with Gasteiger partial charge in [0.15, 0.2) is 0 Å². The van der Waals surface area contributed by atoms with E-state index in [4.69, 9.17) is 0 Å². The number of likely N-dealkylation sites (N-methyl/N-ethyl adjacent to an activating group) is 1.